The van der Waals surface area contributed by atoms with Crippen molar-refractivity contribution in [2.45, 2.75) is 17.6 Å². The Bertz CT molecular complexity index is 1200. The molecule has 4 heterocycles. The van der Waals surface area contributed by atoms with Crippen LogP contribution in [0.15, 0.2) is 75.6 Å². The van der Waals surface area contributed by atoms with E-state index in [-0.39, 0.29) is 17.7 Å². The maximum atomic E-state index is 13.2. The third-order valence-corrected chi connectivity index (χ3v) is 7.93. The van der Waals surface area contributed by atoms with Gasteiger partial charge in [0.05, 0.1) is 22.4 Å². The average molecular weight is 466 g/mol. The Balaban J connectivity index is 1.34. The summed E-state index contributed by atoms with van der Waals surface area (Å²) in [6, 6.07) is 18.0. The Morgan fingerprint density at radius 3 is 2.61 bits per heavy atom. The minimum Gasteiger partial charge on any atom is -0.305 e. The summed E-state index contributed by atoms with van der Waals surface area (Å²) >= 11 is 4.71. The fraction of sp³-hybridized carbons (Fsp3) is 0.182. The molecule has 3 aromatic heterocycles. The number of thioether (sulfide) groups is 1. The molecule has 0 fully saturated rings. The van der Waals surface area contributed by atoms with E-state index in [1.54, 1.807) is 27.7 Å². The van der Waals surface area contributed by atoms with Crippen molar-refractivity contribution >= 4 is 46.1 Å². The van der Waals surface area contributed by atoms with Crippen LogP contribution in [0.5, 0.6) is 0 Å². The zero-order valence-electron chi connectivity index (χ0n) is 16.7. The summed E-state index contributed by atoms with van der Waals surface area (Å²) in [4.78, 5) is 15.4. The number of carbonyl (C=O) groups is 1. The molecule has 0 saturated carbocycles. The van der Waals surface area contributed by atoms with Gasteiger partial charge in [0.1, 0.15) is 0 Å². The number of carbonyl (C=O) groups excluding carboxylic acids is 1. The summed E-state index contributed by atoms with van der Waals surface area (Å²) in [6.07, 6.45) is 0.736. The van der Waals surface area contributed by atoms with Crippen molar-refractivity contribution in [2.24, 2.45) is 12.1 Å². The lowest BCUT2D eigenvalue weighted by Crippen LogP contribution is -2.28. The van der Waals surface area contributed by atoms with Crippen LogP contribution in [0.25, 0.3) is 11.4 Å². The van der Waals surface area contributed by atoms with Gasteiger partial charge in [-0.1, -0.05) is 54.2 Å². The summed E-state index contributed by atoms with van der Waals surface area (Å²) in [5.41, 5.74) is 1.97. The molecular weight excluding hydrogens is 446 g/mol. The first-order chi connectivity index (χ1) is 15.2. The minimum atomic E-state index is -0.0513. The van der Waals surface area contributed by atoms with E-state index < -0.39 is 0 Å². The second-order valence-corrected chi connectivity index (χ2v) is 9.89. The van der Waals surface area contributed by atoms with Crippen LogP contribution in [0.3, 0.4) is 0 Å². The highest BCUT2D eigenvalue weighted by atomic mass is 32.2. The van der Waals surface area contributed by atoms with Crippen LogP contribution in [0.4, 0.5) is 0 Å². The third kappa shape index (κ3) is 4.08. The van der Waals surface area contributed by atoms with Gasteiger partial charge in [-0.05, 0) is 22.9 Å². The molecule has 0 unspecified atom stereocenters. The quantitative estimate of drug-likeness (QED) is 0.373. The second-order valence-electron chi connectivity index (χ2n) is 7.02. The van der Waals surface area contributed by atoms with Crippen LogP contribution in [0.1, 0.15) is 22.2 Å². The van der Waals surface area contributed by atoms with Crippen LogP contribution >= 0.6 is 34.4 Å². The first-order valence-electron chi connectivity index (χ1n) is 9.75. The molecule has 6 nitrogen and oxygen atoms in total. The summed E-state index contributed by atoms with van der Waals surface area (Å²) in [5, 5.41) is 19.8. The van der Waals surface area contributed by atoms with Gasteiger partial charge in [0.25, 0.3) is 5.91 Å². The number of benzene rings is 1. The number of hydrogen-bond acceptors (Lipinski definition) is 7. The zero-order chi connectivity index (χ0) is 21.2. The van der Waals surface area contributed by atoms with E-state index in [1.807, 2.05) is 64.8 Å². The normalized spacial score (nSPS) is 16.0. The average Bonchev–Trinajstić information content (AvgIpc) is 3.59. The number of hydrogen-bond donors (Lipinski definition) is 0. The van der Waals surface area contributed by atoms with Crippen molar-refractivity contribution in [1.29, 1.82) is 0 Å². The van der Waals surface area contributed by atoms with Crippen molar-refractivity contribution in [2.75, 3.05) is 5.75 Å². The SMILES string of the molecule is Cn1c(SCC(=O)N2N=C(c3cccs3)C[C@@H]2c2cccs2)nnc1-c1ccccc1. The number of nitrogens with zero attached hydrogens (tertiary/aromatic N) is 5. The lowest BCUT2D eigenvalue weighted by Gasteiger charge is -2.20. The minimum absolute atomic E-state index is 0.0285. The first-order valence-corrected chi connectivity index (χ1v) is 12.5. The van der Waals surface area contributed by atoms with Gasteiger partial charge in [-0.3, -0.25) is 4.79 Å². The van der Waals surface area contributed by atoms with E-state index in [0.29, 0.717) is 5.16 Å². The van der Waals surface area contributed by atoms with Crippen molar-refractivity contribution < 1.29 is 4.79 Å². The van der Waals surface area contributed by atoms with Crippen molar-refractivity contribution in [3.63, 3.8) is 0 Å². The molecule has 0 N–H and O–H groups in total. The monoisotopic (exact) mass is 465 g/mol. The summed E-state index contributed by atoms with van der Waals surface area (Å²) in [5.74, 6) is 1.01. The van der Waals surface area contributed by atoms with Gasteiger partial charge in [-0.15, -0.1) is 32.9 Å². The molecule has 4 aromatic rings. The molecule has 1 amide bonds. The molecule has 9 heteroatoms. The molecule has 0 saturated heterocycles. The van der Waals surface area contributed by atoms with Gasteiger partial charge in [-0.25, -0.2) is 5.01 Å². The van der Waals surface area contributed by atoms with Crippen molar-refractivity contribution in [3.8, 4) is 11.4 Å². The Hall–Kier alpha value is -2.75. The molecule has 0 spiro atoms. The van der Waals surface area contributed by atoms with Crippen LogP contribution < -0.4 is 0 Å². The largest absolute Gasteiger partial charge is 0.305 e. The number of aromatic nitrogens is 3. The van der Waals surface area contributed by atoms with Gasteiger partial charge < -0.3 is 4.57 Å². The smallest absolute Gasteiger partial charge is 0.253 e. The van der Waals surface area contributed by atoms with E-state index in [9.17, 15) is 4.79 Å². The second kappa shape index (κ2) is 8.78. The fourth-order valence-electron chi connectivity index (χ4n) is 3.51. The van der Waals surface area contributed by atoms with Crippen LogP contribution in [0, 0.1) is 0 Å². The van der Waals surface area contributed by atoms with E-state index in [1.165, 1.54) is 11.8 Å². The maximum absolute atomic E-state index is 13.2. The molecule has 0 aliphatic carbocycles. The molecule has 0 radical (unpaired) electrons. The summed E-state index contributed by atoms with van der Waals surface area (Å²) in [7, 11) is 1.92. The number of rotatable bonds is 6. The summed E-state index contributed by atoms with van der Waals surface area (Å²) in [6.45, 7) is 0. The third-order valence-electron chi connectivity index (χ3n) is 5.03. The van der Waals surface area contributed by atoms with Crippen molar-refractivity contribution in [3.05, 3.63) is 75.1 Å². The number of thiophene rings is 2. The van der Waals surface area contributed by atoms with Crippen LogP contribution in [0.2, 0.25) is 0 Å². The van der Waals surface area contributed by atoms with Gasteiger partial charge in [-0.2, -0.15) is 5.10 Å². The molecular formula is C22H19N5OS3. The molecule has 5 rings (SSSR count). The highest BCUT2D eigenvalue weighted by molar-refractivity contribution is 7.99. The Morgan fingerprint density at radius 2 is 1.87 bits per heavy atom. The Kier molecular flexibility index (Phi) is 5.71. The predicted octanol–water partition coefficient (Wildman–Crippen LogP) is 5.08. The molecule has 31 heavy (non-hydrogen) atoms. The van der Waals surface area contributed by atoms with Crippen molar-refractivity contribution in [1.82, 2.24) is 19.8 Å². The first kappa shape index (κ1) is 20.2. The number of amides is 1. The van der Waals surface area contributed by atoms with Gasteiger partial charge >= 0.3 is 0 Å². The van der Waals surface area contributed by atoms with Crippen LogP contribution in [-0.4, -0.2) is 37.1 Å². The molecule has 1 aromatic carbocycles. The highest BCUT2D eigenvalue weighted by Gasteiger charge is 2.34. The highest BCUT2D eigenvalue weighted by Crippen LogP contribution is 2.36. The molecule has 1 aliphatic rings. The molecule has 0 bridgehead atoms. The molecule has 1 atom stereocenters. The van der Waals surface area contributed by atoms with Gasteiger partial charge in [0, 0.05) is 23.9 Å². The van der Waals surface area contributed by atoms with Crippen LogP contribution in [-0.2, 0) is 11.8 Å². The molecule has 156 valence electrons. The Morgan fingerprint density at radius 1 is 1.06 bits per heavy atom. The molecule has 1 aliphatic heterocycles. The van der Waals surface area contributed by atoms with E-state index >= 15 is 0 Å². The van der Waals surface area contributed by atoms with Gasteiger partial charge in [0.2, 0.25) is 0 Å². The van der Waals surface area contributed by atoms with Gasteiger partial charge in [0.15, 0.2) is 11.0 Å². The standard InChI is InChI=1S/C22H19N5OS3/c1-26-21(15-7-3-2-4-8-15)23-24-22(26)31-14-20(28)27-17(19-10-6-12-30-19)13-16(25-27)18-9-5-11-29-18/h2-12,17H,13-14H2,1H3/t17-/m1/s1. The maximum Gasteiger partial charge on any atom is 0.253 e. The fourth-order valence-corrected chi connectivity index (χ4v) is 5.80. The van der Waals surface area contributed by atoms with E-state index in [0.717, 1.165) is 33.3 Å². The lowest BCUT2D eigenvalue weighted by atomic mass is 10.1. The predicted molar refractivity (Wildman–Crippen MR) is 127 cm³/mol. The Labute approximate surface area is 192 Å². The summed E-state index contributed by atoms with van der Waals surface area (Å²) < 4.78 is 1.92. The van der Waals surface area contributed by atoms with E-state index in [2.05, 4.69) is 22.3 Å². The topological polar surface area (TPSA) is 63.4 Å². The lowest BCUT2D eigenvalue weighted by molar-refractivity contribution is -0.130. The number of hydrazone groups is 1. The van der Waals surface area contributed by atoms with E-state index in [4.69, 9.17) is 5.10 Å². The zero-order valence-corrected chi connectivity index (χ0v) is 19.2.